The first-order valence-corrected chi connectivity index (χ1v) is 8.54. The van der Waals surface area contributed by atoms with Crippen LogP contribution in [0, 0.1) is 5.82 Å². The van der Waals surface area contributed by atoms with Crippen LogP contribution in [0.15, 0.2) is 66.9 Å². The van der Waals surface area contributed by atoms with Crippen LogP contribution in [0.2, 0.25) is 0 Å². The molecule has 0 fully saturated rings. The number of carbonyl (C=O) groups is 1. The maximum Gasteiger partial charge on any atom is 0.274 e. The highest BCUT2D eigenvalue weighted by Crippen LogP contribution is 2.14. The van der Waals surface area contributed by atoms with Crippen LogP contribution in [0.4, 0.5) is 15.8 Å². The highest BCUT2D eigenvalue weighted by Gasteiger charge is 2.07. The normalized spacial score (nSPS) is 10.3. The number of hydrogen-bond donors (Lipinski definition) is 2. The molecule has 0 unspecified atom stereocenters. The van der Waals surface area contributed by atoms with Crippen molar-refractivity contribution in [2.24, 2.45) is 0 Å². The molecule has 0 bridgehead atoms. The van der Waals surface area contributed by atoms with Crippen molar-refractivity contribution < 1.29 is 13.9 Å². The summed E-state index contributed by atoms with van der Waals surface area (Å²) in [5, 5.41) is 5.96. The highest BCUT2D eigenvalue weighted by atomic mass is 19.1. The van der Waals surface area contributed by atoms with Crippen LogP contribution in [0.1, 0.15) is 16.1 Å². The average Bonchev–Trinajstić information content (AvgIpc) is 2.70. The minimum absolute atomic E-state index is 0.290. The molecule has 0 aliphatic heterocycles. The van der Waals surface area contributed by atoms with E-state index >= 15 is 0 Å². The zero-order valence-corrected chi connectivity index (χ0v) is 14.9. The number of carbonyl (C=O) groups excluding carboxylic acids is 1. The van der Waals surface area contributed by atoms with Gasteiger partial charge in [-0.25, -0.2) is 9.37 Å². The SMILES string of the molecule is COc1cccc(CCNc2ccc(C(=O)Nc3ccc(F)cc3)nc2)c1. The summed E-state index contributed by atoms with van der Waals surface area (Å²) < 4.78 is 18.1. The van der Waals surface area contributed by atoms with E-state index in [-0.39, 0.29) is 17.4 Å². The minimum Gasteiger partial charge on any atom is -0.497 e. The van der Waals surface area contributed by atoms with Gasteiger partial charge in [-0.3, -0.25) is 4.79 Å². The molecule has 0 saturated carbocycles. The molecule has 0 spiro atoms. The average molecular weight is 365 g/mol. The van der Waals surface area contributed by atoms with Crippen LogP contribution in [0.3, 0.4) is 0 Å². The van der Waals surface area contributed by atoms with Gasteiger partial charge in [0, 0.05) is 12.2 Å². The third-order valence-electron chi connectivity index (χ3n) is 3.98. The molecule has 0 aliphatic carbocycles. The van der Waals surface area contributed by atoms with E-state index < -0.39 is 0 Å². The predicted octanol–water partition coefficient (Wildman–Crippen LogP) is 4.14. The van der Waals surface area contributed by atoms with Gasteiger partial charge in [-0.2, -0.15) is 0 Å². The van der Waals surface area contributed by atoms with Gasteiger partial charge in [0.15, 0.2) is 0 Å². The second kappa shape index (κ2) is 8.80. The standard InChI is InChI=1S/C21H20FN3O2/c1-27-19-4-2-3-15(13-19)11-12-23-18-9-10-20(24-14-18)21(26)25-17-7-5-16(22)6-8-17/h2-10,13-14,23H,11-12H2,1H3,(H,25,26). The fourth-order valence-electron chi connectivity index (χ4n) is 2.54. The first kappa shape index (κ1) is 18.4. The van der Waals surface area contributed by atoms with Gasteiger partial charge in [0.1, 0.15) is 17.3 Å². The van der Waals surface area contributed by atoms with Crippen LogP contribution < -0.4 is 15.4 Å². The Balaban J connectivity index is 1.52. The zero-order valence-electron chi connectivity index (χ0n) is 14.9. The number of ether oxygens (including phenoxy) is 1. The van der Waals surface area contributed by atoms with Gasteiger partial charge in [-0.1, -0.05) is 12.1 Å². The molecule has 5 nitrogen and oxygen atoms in total. The number of rotatable bonds is 7. The smallest absolute Gasteiger partial charge is 0.274 e. The third kappa shape index (κ3) is 5.28. The van der Waals surface area contributed by atoms with Crippen molar-refractivity contribution in [3.63, 3.8) is 0 Å². The molecule has 1 heterocycles. The summed E-state index contributed by atoms with van der Waals surface area (Å²) in [6, 6.07) is 17.0. The van der Waals surface area contributed by atoms with Crippen LogP contribution in [0.25, 0.3) is 0 Å². The molecule has 3 rings (SSSR count). The number of hydrogen-bond acceptors (Lipinski definition) is 4. The summed E-state index contributed by atoms with van der Waals surface area (Å²) in [6.07, 6.45) is 2.45. The third-order valence-corrected chi connectivity index (χ3v) is 3.98. The Morgan fingerprint density at radius 3 is 2.56 bits per heavy atom. The van der Waals surface area contributed by atoms with E-state index in [2.05, 4.69) is 15.6 Å². The molecule has 1 amide bonds. The molecule has 138 valence electrons. The lowest BCUT2D eigenvalue weighted by Gasteiger charge is -2.08. The van der Waals surface area contributed by atoms with E-state index in [0.717, 1.165) is 24.4 Å². The fourth-order valence-corrected chi connectivity index (χ4v) is 2.54. The molecule has 2 N–H and O–H groups in total. The van der Waals surface area contributed by atoms with Gasteiger partial charge in [-0.15, -0.1) is 0 Å². The number of nitrogens with one attached hydrogen (secondary N) is 2. The van der Waals surface area contributed by atoms with Crippen LogP contribution >= 0.6 is 0 Å². The first-order valence-electron chi connectivity index (χ1n) is 8.54. The molecule has 3 aromatic rings. The highest BCUT2D eigenvalue weighted by molar-refractivity contribution is 6.02. The molecule has 0 aliphatic rings. The lowest BCUT2D eigenvalue weighted by molar-refractivity contribution is 0.102. The number of halogens is 1. The van der Waals surface area contributed by atoms with Crippen LogP contribution in [0.5, 0.6) is 5.75 Å². The summed E-state index contributed by atoms with van der Waals surface area (Å²) in [7, 11) is 1.65. The topological polar surface area (TPSA) is 63.2 Å². The monoisotopic (exact) mass is 365 g/mol. The van der Waals surface area contributed by atoms with E-state index in [1.54, 1.807) is 25.4 Å². The Morgan fingerprint density at radius 1 is 1.07 bits per heavy atom. The number of pyridine rings is 1. The summed E-state index contributed by atoms with van der Waals surface area (Å²) in [4.78, 5) is 16.3. The van der Waals surface area contributed by atoms with Crippen LogP contribution in [-0.2, 0) is 6.42 Å². The number of nitrogens with zero attached hydrogens (tertiary/aromatic N) is 1. The molecule has 27 heavy (non-hydrogen) atoms. The first-order chi connectivity index (χ1) is 13.1. The molecule has 0 radical (unpaired) electrons. The second-order valence-corrected chi connectivity index (χ2v) is 5.92. The van der Waals surface area contributed by atoms with Gasteiger partial charge in [0.25, 0.3) is 5.91 Å². The Kier molecular flexibility index (Phi) is 5.99. The quantitative estimate of drug-likeness (QED) is 0.661. The van der Waals surface area contributed by atoms with E-state index in [4.69, 9.17) is 4.74 Å². The van der Waals surface area contributed by atoms with Crippen molar-refractivity contribution in [2.45, 2.75) is 6.42 Å². The van der Waals surface area contributed by atoms with Crippen molar-refractivity contribution in [3.8, 4) is 5.75 Å². The van der Waals surface area contributed by atoms with E-state index in [1.807, 2.05) is 24.3 Å². The maximum atomic E-state index is 12.9. The van der Waals surface area contributed by atoms with Gasteiger partial charge in [0.2, 0.25) is 0 Å². The van der Waals surface area contributed by atoms with Crippen LogP contribution in [-0.4, -0.2) is 24.5 Å². The Bertz CT molecular complexity index is 896. The van der Waals surface area contributed by atoms with Gasteiger partial charge < -0.3 is 15.4 Å². The largest absolute Gasteiger partial charge is 0.497 e. The van der Waals surface area contributed by atoms with Gasteiger partial charge in [0.05, 0.1) is 19.0 Å². The summed E-state index contributed by atoms with van der Waals surface area (Å²) >= 11 is 0. The van der Waals surface area contributed by atoms with Gasteiger partial charge in [-0.05, 0) is 60.5 Å². The van der Waals surface area contributed by atoms with E-state index in [1.165, 1.54) is 29.8 Å². The van der Waals surface area contributed by atoms with Crippen molar-refractivity contribution in [3.05, 3.63) is 83.9 Å². The Labute approximate surface area is 157 Å². The lowest BCUT2D eigenvalue weighted by Crippen LogP contribution is -2.14. The summed E-state index contributed by atoms with van der Waals surface area (Å²) in [5.74, 6) is 0.144. The molecular formula is C21H20FN3O2. The zero-order chi connectivity index (χ0) is 19.1. The van der Waals surface area contributed by atoms with Crippen molar-refractivity contribution in [1.29, 1.82) is 0 Å². The number of aromatic nitrogens is 1. The molecule has 0 saturated heterocycles. The Hall–Kier alpha value is -3.41. The Morgan fingerprint density at radius 2 is 1.85 bits per heavy atom. The predicted molar refractivity (Wildman–Crippen MR) is 104 cm³/mol. The van der Waals surface area contributed by atoms with E-state index in [9.17, 15) is 9.18 Å². The fraction of sp³-hybridized carbons (Fsp3) is 0.143. The molecule has 2 aromatic carbocycles. The molecule has 6 heteroatoms. The summed E-state index contributed by atoms with van der Waals surface area (Å²) in [5.41, 5.74) is 2.81. The maximum absolute atomic E-state index is 12.9. The molecule has 1 aromatic heterocycles. The van der Waals surface area contributed by atoms with Gasteiger partial charge >= 0.3 is 0 Å². The second-order valence-electron chi connectivity index (χ2n) is 5.92. The molecular weight excluding hydrogens is 345 g/mol. The number of amides is 1. The molecule has 0 atom stereocenters. The summed E-state index contributed by atoms with van der Waals surface area (Å²) in [6.45, 7) is 0.732. The number of methoxy groups -OCH3 is 1. The number of benzene rings is 2. The van der Waals surface area contributed by atoms with Crippen molar-refractivity contribution >= 4 is 17.3 Å². The lowest BCUT2D eigenvalue weighted by atomic mass is 10.1. The minimum atomic E-state index is -0.351. The number of anilines is 2. The van der Waals surface area contributed by atoms with Crippen molar-refractivity contribution in [1.82, 2.24) is 4.98 Å². The van der Waals surface area contributed by atoms with Crippen molar-refractivity contribution in [2.75, 3.05) is 24.3 Å². The van der Waals surface area contributed by atoms with E-state index in [0.29, 0.717) is 5.69 Å².